The zero-order valence-corrected chi connectivity index (χ0v) is 11.0. The molecule has 1 N–H and O–H groups in total. The van der Waals surface area contributed by atoms with Crippen molar-refractivity contribution in [1.82, 2.24) is 15.3 Å². The van der Waals surface area contributed by atoms with Gasteiger partial charge < -0.3 is 10.1 Å². The summed E-state index contributed by atoms with van der Waals surface area (Å²) in [6.07, 6.45) is 3.79. The fourth-order valence-corrected chi connectivity index (χ4v) is 2.47. The molecule has 0 amide bonds. The van der Waals surface area contributed by atoms with Crippen LogP contribution in [0.4, 0.5) is 0 Å². The van der Waals surface area contributed by atoms with E-state index in [2.05, 4.69) is 29.1 Å². The average molecular weight is 235 g/mol. The molecule has 4 nitrogen and oxygen atoms in total. The minimum atomic E-state index is 0.477. The van der Waals surface area contributed by atoms with Crippen molar-refractivity contribution in [3.63, 3.8) is 0 Å². The first-order valence-electron chi connectivity index (χ1n) is 6.09. The molecule has 0 spiro atoms. The zero-order valence-electron chi connectivity index (χ0n) is 11.0. The van der Waals surface area contributed by atoms with Gasteiger partial charge in [-0.15, -0.1) is 0 Å². The third kappa shape index (κ3) is 2.75. The highest BCUT2D eigenvalue weighted by Crippen LogP contribution is 2.53. The smallest absolute Gasteiger partial charge is 0.216 e. The van der Waals surface area contributed by atoms with Crippen LogP contribution in [-0.2, 0) is 6.42 Å². The molecule has 1 aromatic rings. The van der Waals surface area contributed by atoms with Crippen molar-refractivity contribution in [2.24, 2.45) is 11.3 Å². The Kier molecular flexibility index (Phi) is 3.33. The third-order valence-electron chi connectivity index (χ3n) is 3.78. The van der Waals surface area contributed by atoms with E-state index in [1.165, 1.54) is 6.42 Å². The van der Waals surface area contributed by atoms with Gasteiger partial charge in [-0.2, -0.15) is 0 Å². The number of ether oxygens (including phenoxy) is 1. The fourth-order valence-electron chi connectivity index (χ4n) is 2.47. The fraction of sp³-hybridized carbons (Fsp3) is 0.692. The molecule has 1 aromatic heterocycles. The summed E-state index contributed by atoms with van der Waals surface area (Å²) in [7, 11) is 3.66. The van der Waals surface area contributed by atoms with Crippen LogP contribution in [0, 0.1) is 11.3 Å². The molecule has 0 aliphatic heterocycles. The van der Waals surface area contributed by atoms with Gasteiger partial charge in [0.25, 0.3) is 0 Å². The van der Waals surface area contributed by atoms with Gasteiger partial charge in [-0.1, -0.05) is 13.8 Å². The van der Waals surface area contributed by atoms with Crippen molar-refractivity contribution in [2.75, 3.05) is 14.2 Å². The summed E-state index contributed by atoms with van der Waals surface area (Å²) in [4.78, 5) is 8.33. The van der Waals surface area contributed by atoms with Gasteiger partial charge >= 0.3 is 0 Å². The number of nitrogens with zero attached hydrogens (tertiary/aromatic N) is 2. The largest absolute Gasteiger partial charge is 0.481 e. The number of likely N-dealkylation sites (N-methyl/N-ethyl adjacent to an activating group) is 1. The molecular weight excluding hydrogens is 214 g/mol. The van der Waals surface area contributed by atoms with Crippen LogP contribution in [-0.4, -0.2) is 30.2 Å². The highest BCUT2D eigenvalue weighted by atomic mass is 16.5. The second-order valence-electron chi connectivity index (χ2n) is 5.45. The maximum atomic E-state index is 5.12. The molecule has 1 heterocycles. The monoisotopic (exact) mass is 235 g/mol. The Hall–Kier alpha value is -1.16. The maximum absolute atomic E-state index is 5.12. The number of methoxy groups -OCH3 is 1. The summed E-state index contributed by atoms with van der Waals surface area (Å²) in [5.41, 5.74) is 1.52. The van der Waals surface area contributed by atoms with E-state index in [0.29, 0.717) is 17.3 Å². The topological polar surface area (TPSA) is 47.0 Å². The first-order valence-corrected chi connectivity index (χ1v) is 6.09. The molecule has 2 rings (SSSR count). The molecule has 2 atom stereocenters. The molecule has 4 heteroatoms. The van der Waals surface area contributed by atoms with Crippen molar-refractivity contribution < 1.29 is 4.74 Å². The van der Waals surface area contributed by atoms with Gasteiger partial charge in [0, 0.05) is 24.2 Å². The average Bonchev–Trinajstić information content (AvgIpc) is 2.95. The van der Waals surface area contributed by atoms with Crippen LogP contribution in [0.1, 0.15) is 26.0 Å². The Morgan fingerprint density at radius 1 is 1.53 bits per heavy atom. The van der Waals surface area contributed by atoms with E-state index in [9.17, 15) is 0 Å². The van der Waals surface area contributed by atoms with Crippen molar-refractivity contribution in [1.29, 1.82) is 0 Å². The van der Waals surface area contributed by atoms with Gasteiger partial charge in [-0.3, -0.25) is 0 Å². The van der Waals surface area contributed by atoms with E-state index in [-0.39, 0.29) is 0 Å². The third-order valence-corrected chi connectivity index (χ3v) is 3.78. The number of hydrogen-bond donors (Lipinski definition) is 1. The van der Waals surface area contributed by atoms with E-state index >= 15 is 0 Å². The summed E-state index contributed by atoms with van der Waals surface area (Å²) in [5.74, 6) is 1.38. The second kappa shape index (κ2) is 4.61. The standard InChI is InChI=1S/C13H21N3O/c1-13(2)7-10(13)11(14-3)5-9-6-12(17-4)16-8-15-9/h6,8,10-11,14H,5,7H2,1-4H3. The lowest BCUT2D eigenvalue weighted by atomic mass is 10.00. The van der Waals surface area contributed by atoms with Crippen molar-refractivity contribution in [2.45, 2.75) is 32.7 Å². The van der Waals surface area contributed by atoms with E-state index < -0.39 is 0 Å². The molecule has 0 saturated heterocycles. The molecule has 1 saturated carbocycles. The molecule has 17 heavy (non-hydrogen) atoms. The molecule has 2 unspecified atom stereocenters. The minimum absolute atomic E-state index is 0.477. The predicted octanol–water partition coefficient (Wildman–Crippen LogP) is 1.66. The lowest BCUT2D eigenvalue weighted by molar-refractivity contribution is 0.392. The summed E-state index contributed by atoms with van der Waals surface area (Å²) in [6.45, 7) is 4.64. The SMILES string of the molecule is CNC(Cc1cc(OC)ncn1)C1CC1(C)C. The van der Waals surface area contributed by atoms with Gasteiger partial charge in [-0.05, 0) is 24.8 Å². The van der Waals surface area contributed by atoms with Crippen LogP contribution >= 0.6 is 0 Å². The van der Waals surface area contributed by atoms with Crippen LogP contribution in [0.2, 0.25) is 0 Å². The number of hydrogen-bond acceptors (Lipinski definition) is 4. The summed E-state index contributed by atoms with van der Waals surface area (Å²) in [5, 5.41) is 3.40. The summed E-state index contributed by atoms with van der Waals surface area (Å²) in [6, 6.07) is 2.41. The van der Waals surface area contributed by atoms with Crippen molar-refractivity contribution in [3.05, 3.63) is 18.1 Å². The normalized spacial score (nSPS) is 23.2. The molecular formula is C13H21N3O. The van der Waals surface area contributed by atoms with E-state index in [0.717, 1.165) is 18.0 Å². The van der Waals surface area contributed by atoms with Crippen molar-refractivity contribution >= 4 is 0 Å². The molecule has 1 fully saturated rings. The Bertz CT molecular complexity index is 392. The van der Waals surface area contributed by atoms with Gasteiger partial charge in [0.15, 0.2) is 0 Å². The van der Waals surface area contributed by atoms with Crippen LogP contribution in [0.3, 0.4) is 0 Å². The van der Waals surface area contributed by atoms with Crippen molar-refractivity contribution in [3.8, 4) is 5.88 Å². The van der Waals surface area contributed by atoms with Gasteiger partial charge in [-0.25, -0.2) is 9.97 Å². The van der Waals surface area contributed by atoms with E-state index in [1.54, 1.807) is 13.4 Å². The first kappa shape index (κ1) is 12.3. The summed E-state index contributed by atoms with van der Waals surface area (Å²) >= 11 is 0. The number of aromatic nitrogens is 2. The number of rotatable bonds is 5. The second-order valence-corrected chi connectivity index (χ2v) is 5.45. The lowest BCUT2D eigenvalue weighted by Gasteiger charge is -2.17. The molecule has 0 aromatic carbocycles. The Morgan fingerprint density at radius 3 is 2.76 bits per heavy atom. The predicted molar refractivity (Wildman–Crippen MR) is 67.0 cm³/mol. The van der Waals surface area contributed by atoms with Crippen LogP contribution < -0.4 is 10.1 Å². The van der Waals surface area contributed by atoms with Gasteiger partial charge in [0.2, 0.25) is 5.88 Å². The quantitative estimate of drug-likeness (QED) is 0.843. The number of nitrogens with one attached hydrogen (secondary N) is 1. The lowest BCUT2D eigenvalue weighted by Crippen LogP contribution is -2.31. The van der Waals surface area contributed by atoms with E-state index in [4.69, 9.17) is 4.74 Å². The highest BCUT2D eigenvalue weighted by molar-refractivity contribution is 5.16. The zero-order chi connectivity index (χ0) is 12.5. The van der Waals surface area contributed by atoms with Gasteiger partial charge in [0.05, 0.1) is 7.11 Å². The molecule has 0 radical (unpaired) electrons. The Balaban J connectivity index is 2.03. The minimum Gasteiger partial charge on any atom is -0.481 e. The maximum Gasteiger partial charge on any atom is 0.216 e. The van der Waals surface area contributed by atoms with Crippen LogP contribution in [0.15, 0.2) is 12.4 Å². The first-order chi connectivity index (χ1) is 8.06. The molecule has 94 valence electrons. The van der Waals surface area contributed by atoms with Crippen LogP contribution in [0.25, 0.3) is 0 Å². The van der Waals surface area contributed by atoms with Gasteiger partial charge in [0.1, 0.15) is 6.33 Å². The molecule has 1 aliphatic carbocycles. The highest BCUT2D eigenvalue weighted by Gasteiger charge is 2.49. The Morgan fingerprint density at radius 2 is 2.24 bits per heavy atom. The van der Waals surface area contributed by atoms with Crippen LogP contribution in [0.5, 0.6) is 5.88 Å². The molecule has 0 bridgehead atoms. The summed E-state index contributed by atoms with van der Waals surface area (Å²) < 4.78 is 5.12. The van der Waals surface area contributed by atoms with E-state index in [1.807, 2.05) is 13.1 Å². The Labute approximate surface area is 103 Å². The molecule has 1 aliphatic rings.